The normalized spacial score (nSPS) is 18.0. The lowest BCUT2D eigenvalue weighted by molar-refractivity contribution is -0.138. The highest BCUT2D eigenvalue weighted by molar-refractivity contribution is 5.81. The number of nitrogens with zero attached hydrogens (tertiary/aromatic N) is 4. The average Bonchev–Trinajstić information content (AvgIpc) is 3.14. The van der Waals surface area contributed by atoms with E-state index in [1.165, 1.54) is 0 Å². The number of aryl methyl sites for hydroxylation is 2. The fourth-order valence-electron chi connectivity index (χ4n) is 3.47. The number of likely N-dealkylation sites (tertiary alicyclic amines) is 1. The van der Waals surface area contributed by atoms with E-state index in [0.29, 0.717) is 5.92 Å². The zero-order valence-electron chi connectivity index (χ0n) is 15.8. The predicted octanol–water partition coefficient (Wildman–Crippen LogP) is 2.92. The van der Waals surface area contributed by atoms with Crippen molar-refractivity contribution in [3.63, 3.8) is 0 Å². The van der Waals surface area contributed by atoms with E-state index < -0.39 is 0 Å². The maximum absolute atomic E-state index is 12.4. The number of hydrogen-bond acceptors (Lipinski definition) is 4. The number of hydrogen-bond donors (Lipinski definition) is 1. The van der Waals surface area contributed by atoms with Gasteiger partial charge in [-0.3, -0.25) is 19.9 Å². The quantitative estimate of drug-likeness (QED) is 0.931. The minimum Gasteiger partial charge on any atom is -0.342 e. The monoisotopic (exact) mass is 341 g/mol. The van der Waals surface area contributed by atoms with E-state index in [2.05, 4.69) is 20.2 Å². The molecule has 25 heavy (non-hydrogen) atoms. The van der Waals surface area contributed by atoms with Crippen molar-refractivity contribution in [1.82, 2.24) is 25.1 Å². The van der Waals surface area contributed by atoms with Crippen molar-refractivity contribution in [2.75, 3.05) is 13.1 Å². The molecule has 134 valence electrons. The molecule has 0 bridgehead atoms. The molecule has 1 fully saturated rings. The molecule has 1 atom stereocenters. The van der Waals surface area contributed by atoms with Crippen molar-refractivity contribution in [1.29, 1.82) is 0 Å². The molecule has 6 heteroatoms. The third kappa shape index (κ3) is 3.72. The SMILES string of the molecule is Cc1n[nH]c(C)c1-c1cnc(CC2CCN(C(=O)C(C)(C)C)C2)cn1. The lowest BCUT2D eigenvalue weighted by Crippen LogP contribution is -2.38. The molecule has 0 aromatic carbocycles. The number of carbonyl (C=O) groups excluding carboxylic acids is 1. The van der Waals surface area contributed by atoms with Crippen LogP contribution in [0, 0.1) is 25.2 Å². The average molecular weight is 341 g/mol. The van der Waals surface area contributed by atoms with Crippen LogP contribution in [0.5, 0.6) is 0 Å². The van der Waals surface area contributed by atoms with Crippen LogP contribution < -0.4 is 0 Å². The molecule has 3 rings (SSSR count). The van der Waals surface area contributed by atoms with E-state index in [9.17, 15) is 4.79 Å². The Morgan fingerprint density at radius 3 is 2.60 bits per heavy atom. The van der Waals surface area contributed by atoms with Gasteiger partial charge in [0.2, 0.25) is 5.91 Å². The van der Waals surface area contributed by atoms with Crippen LogP contribution in [-0.4, -0.2) is 44.1 Å². The molecule has 2 aromatic heterocycles. The molecule has 0 aliphatic carbocycles. The summed E-state index contributed by atoms with van der Waals surface area (Å²) < 4.78 is 0. The van der Waals surface area contributed by atoms with E-state index in [4.69, 9.17) is 0 Å². The van der Waals surface area contributed by atoms with E-state index in [1.807, 2.05) is 51.9 Å². The number of H-pyrrole nitrogens is 1. The Morgan fingerprint density at radius 1 is 1.28 bits per heavy atom. The van der Waals surface area contributed by atoms with Crippen LogP contribution in [0.4, 0.5) is 0 Å². The first kappa shape index (κ1) is 17.6. The zero-order chi connectivity index (χ0) is 18.2. The lowest BCUT2D eigenvalue weighted by atomic mass is 9.95. The van der Waals surface area contributed by atoms with Gasteiger partial charge in [-0.1, -0.05) is 20.8 Å². The van der Waals surface area contributed by atoms with Crippen molar-refractivity contribution in [2.24, 2.45) is 11.3 Å². The summed E-state index contributed by atoms with van der Waals surface area (Å²) >= 11 is 0. The number of rotatable bonds is 3. The van der Waals surface area contributed by atoms with Crippen LogP contribution in [0.2, 0.25) is 0 Å². The first-order chi connectivity index (χ1) is 11.8. The molecule has 1 saturated heterocycles. The van der Waals surface area contributed by atoms with Crippen LogP contribution >= 0.6 is 0 Å². The van der Waals surface area contributed by atoms with Crippen LogP contribution in [0.25, 0.3) is 11.3 Å². The van der Waals surface area contributed by atoms with Crippen LogP contribution in [-0.2, 0) is 11.2 Å². The molecule has 1 aliphatic rings. The number of amides is 1. The number of nitrogens with one attached hydrogen (secondary N) is 1. The summed E-state index contributed by atoms with van der Waals surface area (Å²) in [6.45, 7) is 11.6. The fourth-order valence-corrected chi connectivity index (χ4v) is 3.47. The van der Waals surface area contributed by atoms with Gasteiger partial charge in [0.15, 0.2) is 0 Å². The molecule has 1 amide bonds. The van der Waals surface area contributed by atoms with Gasteiger partial charge in [0.25, 0.3) is 0 Å². The predicted molar refractivity (Wildman–Crippen MR) is 96.9 cm³/mol. The number of carbonyl (C=O) groups is 1. The zero-order valence-corrected chi connectivity index (χ0v) is 15.8. The highest BCUT2D eigenvalue weighted by atomic mass is 16.2. The van der Waals surface area contributed by atoms with Gasteiger partial charge < -0.3 is 4.90 Å². The molecule has 1 unspecified atom stereocenters. The van der Waals surface area contributed by atoms with Crippen LogP contribution in [0.1, 0.15) is 44.3 Å². The van der Waals surface area contributed by atoms with Gasteiger partial charge in [-0.2, -0.15) is 5.10 Å². The Balaban J connectivity index is 1.64. The van der Waals surface area contributed by atoms with Crippen LogP contribution in [0.15, 0.2) is 12.4 Å². The van der Waals surface area contributed by atoms with Crippen molar-refractivity contribution in [2.45, 2.75) is 47.5 Å². The molecule has 2 aromatic rings. The van der Waals surface area contributed by atoms with Gasteiger partial charge in [0.1, 0.15) is 0 Å². The second-order valence-electron chi connectivity index (χ2n) is 8.06. The summed E-state index contributed by atoms with van der Waals surface area (Å²) in [5, 5.41) is 7.19. The summed E-state index contributed by atoms with van der Waals surface area (Å²) in [6.07, 6.45) is 5.58. The smallest absolute Gasteiger partial charge is 0.227 e. The topological polar surface area (TPSA) is 74.8 Å². The van der Waals surface area contributed by atoms with Crippen LogP contribution in [0.3, 0.4) is 0 Å². The second-order valence-corrected chi connectivity index (χ2v) is 8.06. The number of aromatic amines is 1. The second kappa shape index (κ2) is 6.58. The Hall–Kier alpha value is -2.24. The summed E-state index contributed by atoms with van der Waals surface area (Å²) in [4.78, 5) is 23.6. The molecule has 3 heterocycles. The Kier molecular flexibility index (Phi) is 4.62. The molecular weight excluding hydrogens is 314 g/mol. The van der Waals surface area contributed by atoms with Gasteiger partial charge in [-0.15, -0.1) is 0 Å². The largest absolute Gasteiger partial charge is 0.342 e. The summed E-state index contributed by atoms with van der Waals surface area (Å²) in [7, 11) is 0. The van der Waals surface area contributed by atoms with Crippen molar-refractivity contribution >= 4 is 5.91 Å². The Labute approximate surface area is 149 Å². The summed E-state index contributed by atoms with van der Waals surface area (Å²) in [6, 6.07) is 0. The van der Waals surface area contributed by atoms with Gasteiger partial charge in [-0.05, 0) is 32.6 Å². The summed E-state index contributed by atoms with van der Waals surface area (Å²) in [5.74, 6) is 0.700. The molecule has 0 radical (unpaired) electrons. The van der Waals surface area contributed by atoms with Crippen molar-refractivity contribution < 1.29 is 4.79 Å². The van der Waals surface area contributed by atoms with E-state index in [1.54, 1.807) is 0 Å². The van der Waals surface area contributed by atoms with Crippen molar-refractivity contribution in [3.05, 3.63) is 29.5 Å². The van der Waals surface area contributed by atoms with Gasteiger partial charge in [-0.25, -0.2) is 0 Å². The molecule has 0 saturated carbocycles. The highest BCUT2D eigenvalue weighted by Crippen LogP contribution is 2.26. The lowest BCUT2D eigenvalue weighted by Gasteiger charge is -2.25. The molecular formula is C19H27N5O. The maximum Gasteiger partial charge on any atom is 0.227 e. The molecule has 0 spiro atoms. The third-order valence-electron chi connectivity index (χ3n) is 4.80. The molecule has 1 aliphatic heterocycles. The van der Waals surface area contributed by atoms with E-state index in [0.717, 1.165) is 54.3 Å². The Morgan fingerprint density at radius 2 is 2.04 bits per heavy atom. The first-order valence-corrected chi connectivity index (χ1v) is 8.88. The highest BCUT2D eigenvalue weighted by Gasteiger charge is 2.32. The number of aromatic nitrogens is 4. The Bertz CT molecular complexity index is 738. The first-order valence-electron chi connectivity index (χ1n) is 8.88. The van der Waals surface area contributed by atoms with Crippen molar-refractivity contribution in [3.8, 4) is 11.3 Å². The standard InChI is InChI=1S/C19H27N5O/c1-12-17(13(2)23-22-12)16-10-20-15(9-21-16)8-14-6-7-24(11-14)18(25)19(3,4)5/h9-10,14H,6-8,11H2,1-5H3,(H,22,23). The third-order valence-corrected chi connectivity index (χ3v) is 4.80. The molecule has 1 N–H and O–H groups in total. The van der Waals surface area contributed by atoms with E-state index in [-0.39, 0.29) is 11.3 Å². The van der Waals surface area contributed by atoms with Gasteiger partial charge >= 0.3 is 0 Å². The fraction of sp³-hybridized carbons (Fsp3) is 0.579. The van der Waals surface area contributed by atoms with Gasteiger partial charge in [0, 0.05) is 36.0 Å². The summed E-state index contributed by atoms with van der Waals surface area (Å²) in [5.41, 5.74) is 4.50. The van der Waals surface area contributed by atoms with E-state index >= 15 is 0 Å². The molecule has 6 nitrogen and oxygen atoms in total. The maximum atomic E-state index is 12.4. The van der Waals surface area contributed by atoms with Gasteiger partial charge in [0.05, 0.1) is 23.3 Å². The minimum absolute atomic E-state index is 0.238. The minimum atomic E-state index is -0.309.